The summed E-state index contributed by atoms with van der Waals surface area (Å²) >= 11 is 1.53. The number of amides is 1. The average Bonchev–Trinajstić information content (AvgIpc) is 3.08. The molecule has 0 aliphatic heterocycles. The summed E-state index contributed by atoms with van der Waals surface area (Å²) in [4.78, 5) is 16.7. The van der Waals surface area contributed by atoms with E-state index in [0.717, 1.165) is 28.3 Å². The lowest BCUT2D eigenvalue weighted by Crippen LogP contribution is -2.24. The second-order valence-electron chi connectivity index (χ2n) is 6.51. The fraction of sp³-hybridized carbons (Fsp3) is 0.273. The van der Waals surface area contributed by atoms with Crippen molar-refractivity contribution in [2.24, 2.45) is 0 Å². The Bertz CT molecular complexity index is 918. The molecule has 0 bridgehead atoms. The van der Waals surface area contributed by atoms with E-state index in [4.69, 9.17) is 9.15 Å². The molecule has 146 valence electrons. The molecule has 1 N–H and O–H groups in total. The van der Waals surface area contributed by atoms with E-state index < -0.39 is 0 Å². The number of aryl methyl sites for hydroxylation is 2. The molecular weight excluding hydrogens is 372 g/mol. The first kappa shape index (κ1) is 20.0. The van der Waals surface area contributed by atoms with E-state index in [0.29, 0.717) is 23.9 Å². The smallest absolute Gasteiger partial charge is 0.230 e. The predicted molar refractivity (Wildman–Crippen MR) is 112 cm³/mol. The zero-order valence-corrected chi connectivity index (χ0v) is 17.1. The van der Waals surface area contributed by atoms with Crippen LogP contribution in [-0.4, -0.2) is 23.8 Å². The lowest BCUT2D eigenvalue weighted by molar-refractivity contribution is -0.118. The third kappa shape index (κ3) is 5.39. The van der Waals surface area contributed by atoms with Crippen LogP contribution >= 0.6 is 11.8 Å². The highest BCUT2D eigenvalue weighted by Gasteiger charge is 2.12. The normalized spacial score (nSPS) is 10.7. The first-order valence-corrected chi connectivity index (χ1v) is 10.2. The summed E-state index contributed by atoms with van der Waals surface area (Å²) in [7, 11) is 1.63. The Balaban J connectivity index is 1.46. The summed E-state index contributed by atoms with van der Waals surface area (Å²) < 4.78 is 10.9. The number of oxazole rings is 1. The van der Waals surface area contributed by atoms with Crippen LogP contribution in [0.4, 0.5) is 0 Å². The van der Waals surface area contributed by atoms with Gasteiger partial charge in [-0.15, -0.1) is 11.8 Å². The number of hydrogen-bond donors (Lipinski definition) is 1. The van der Waals surface area contributed by atoms with E-state index in [1.807, 2.05) is 62.4 Å². The van der Waals surface area contributed by atoms with Crippen LogP contribution in [0, 0.1) is 13.8 Å². The highest BCUT2D eigenvalue weighted by atomic mass is 32.2. The number of ether oxygens (including phenoxy) is 1. The van der Waals surface area contributed by atoms with Gasteiger partial charge in [-0.2, -0.15) is 0 Å². The van der Waals surface area contributed by atoms with Crippen molar-refractivity contribution in [3.05, 3.63) is 71.1 Å². The molecule has 0 saturated carbocycles. The van der Waals surface area contributed by atoms with Crippen molar-refractivity contribution in [1.29, 1.82) is 0 Å². The summed E-state index contributed by atoms with van der Waals surface area (Å²) in [5.74, 6) is 3.23. The van der Waals surface area contributed by atoms with Gasteiger partial charge in [0, 0.05) is 17.9 Å². The highest BCUT2D eigenvalue weighted by molar-refractivity contribution is 7.99. The fourth-order valence-corrected chi connectivity index (χ4v) is 3.47. The lowest BCUT2D eigenvalue weighted by Gasteiger charge is -2.06. The van der Waals surface area contributed by atoms with Crippen LogP contribution in [0.15, 0.2) is 52.9 Å². The molecule has 0 saturated heterocycles. The summed E-state index contributed by atoms with van der Waals surface area (Å²) in [6.45, 7) is 4.46. The van der Waals surface area contributed by atoms with Crippen molar-refractivity contribution >= 4 is 17.7 Å². The van der Waals surface area contributed by atoms with Gasteiger partial charge in [-0.3, -0.25) is 4.79 Å². The van der Waals surface area contributed by atoms with Crippen molar-refractivity contribution in [3.8, 4) is 17.2 Å². The van der Waals surface area contributed by atoms with Gasteiger partial charge in [0.15, 0.2) is 0 Å². The lowest BCUT2D eigenvalue weighted by atomic mass is 10.1. The van der Waals surface area contributed by atoms with Gasteiger partial charge in [0.2, 0.25) is 11.8 Å². The molecule has 28 heavy (non-hydrogen) atoms. The molecule has 0 aliphatic carbocycles. The van der Waals surface area contributed by atoms with Gasteiger partial charge in [-0.05, 0) is 43.7 Å². The number of nitrogens with one attached hydrogen (secondary N) is 1. The minimum Gasteiger partial charge on any atom is -0.497 e. The van der Waals surface area contributed by atoms with Crippen LogP contribution < -0.4 is 10.1 Å². The number of carbonyl (C=O) groups is 1. The summed E-state index contributed by atoms with van der Waals surface area (Å²) in [5.41, 5.74) is 4.07. The molecule has 2 aromatic carbocycles. The Labute approximate surface area is 169 Å². The average molecular weight is 397 g/mol. The Morgan fingerprint density at radius 1 is 1.11 bits per heavy atom. The van der Waals surface area contributed by atoms with E-state index in [9.17, 15) is 4.79 Å². The van der Waals surface area contributed by atoms with E-state index in [1.165, 1.54) is 17.3 Å². The molecule has 6 heteroatoms. The number of methoxy groups -OCH3 is 1. The van der Waals surface area contributed by atoms with Gasteiger partial charge in [0.05, 0.1) is 18.6 Å². The first-order chi connectivity index (χ1) is 13.5. The maximum absolute atomic E-state index is 12.1. The Kier molecular flexibility index (Phi) is 6.76. The van der Waals surface area contributed by atoms with Crippen LogP contribution in [-0.2, 0) is 17.1 Å². The highest BCUT2D eigenvalue weighted by Crippen LogP contribution is 2.24. The van der Waals surface area contributed by atoms with Gasteiger partial charge in [0.1, 0.15) is 11.5 Å². The number of benzene rings is 2. The molecule has 3 aromatic rings. The van der Waals surface area contributed by atoms with Crippen molar-refractivity contribution in [2.75, 3.05) is 12.9 Å². The molecule has 1 aromatic heterocycles. The SMILES string of the molecule is COc1ccc(CNC(=O)CSCc2nc(-c3ccc(C)cc3)oc2C)cc1. The minimum absolute atomic E-state index is 0.000670. The topological polar surface area (TPSA) is 64.4 Å². The van der Waals surface area contributed by atoms with Crippen molar-refractivity contribution in [3.63, 3.8) is 0 Å². The number of carbonyl (C=O) groups excluding carboxylic acids is 1. The van der Waals surface area contributed by atoms with Crippen LogP contribution in [0.3, 0.4) is 0 Å². The molecule has 0 aliphatic rings. The summed E-state index contributed by atoms with van der Waals surface area (Å²) in [6.07, 6.45) is 0. The van der Waals surface area contributed by atoms with E-state index in [2.05, 4.69) is 10.3 Å². The first-order valence-electron chi connectivity index (χ1n) is 9.06. The number of thioether (sulfide) groups is 1. The number of aromatic nitrogens is 1. The molecule has 5 nitrogen and oxygen atoms in total. The maximum Gasteiger partial charge on any atom is 0.230 e. The number of hydrogen-bond acceptors (Lipinski definition) is 5. The zero-order valence-electron chi connectivity index (χ0n) is 16.3. The molecular formula is C22H24N2O3S. The molecule has 0 atom stereocenters. The van der Waals surface area contributed by atoms with Crippen LogP contribution in [0.2, 0.25) is 0 Å². The molecule has 0 unspecified atom stereocenters. The Hall–Kier alpha value is -2.73. The number of nitrogens with zero attached hydrogens (tertiary/aromatic N) is 1. The summed E-state index contributed by atoms with van der Waals surface area (Å²) in [5, 5.41) is 2.93. The van der Waals surface area contributed by atoms with Crippen molar-refractivity contribution in [1.82, 2.24) is 10.3 Å². The Morgan fingerprint density at radius 2 is 1.82 bits per heavy atom. The molecule has 0 fully saturated rings. The van der Waals surface area contributed by atoms with Crippen LogP contribution in [0.1, 0.15) is 22.6 Å². The maximum atomic E-state index is 12.1. The second-order valence-corrected chi connectivity index (χ2v) is 7.49. The van der Waals surface area contributed by atoms with E-state index >= 15 is 0 Å². The third-order valence-electron chi connectivity index (χ3n) is 4.31. The zero-order chi connectivity index (χ0) is 19.9. The largest absolute Gasteiger partial charge is 0.497 e. The molecule has 3 rings (SSSR count). The van der Waals surface area contributed by atoms with Crippen molar-refractivity contribution in [2.45, 2.75) is 26.1 Å². The second kappa shape index (κ2) is 9.46. The summed E-state index contributed by atoms with van der Waals surface area (Å²) in [6, 6.07) is 15.7. The van der Waals surface area contributed by atoms with Crippen molar-refractivity contribution < 1.29 is 13.9 Å². The van der Waals surface area contributed by atoms with Crippen LogP contribution in [0.25, 0.3) is 11.5 Å². The molecule has 1 amide bonds. The molecule has 0 radical (unpaired) electrons. The van der Waals surface area contributed by atoms with Gasteiger partial charge in [0.25, 0.3) is 0 Å². The number of rotatable bonds is 8. The van der Waals surface area contributed by atoms with E-state index in [-0.39, 0.29) is 5.91 Å². The molecule has 1 heterocycles. The predicted octanol–water partition coefficient (Wildman–Crippen LogP) is 4.52. The van der Waals surface area contributed by atoms with Gasteiger partial charge in [-0.25, -0.2) is 4.98 Å². The van der Waals surface area contributed by atoms with Gasteiger partial charge < -0.3 is 14.5 Å². The fourth-order valence-electron chi connectivity index (χ4n) is 2.62. The standard InChI is InChI=1S/C22H24N2O3S/c1-15-4-8-18(9-5-15)22-24-20(16(2)27-22)13-28-14-21(25)23-12-17-6-10-19(26-3)11-7-17/h4-11H,12-14H2,1-3H3,(H,23,25). The van der Waals surface area contributed by atoms with E-state index in [1.54, 1.807) is 7.11 Å². The quantitative estimate of drug-likeness (QED) is 0.607. The van der Waals surface area contributed by atoms with Gasteiger partial charge >= 0.3 is 0 Å². The third-order valence-corrected chi connectivity index (χ3v) is 5.26. The Morgan fingerprint density at radius 3 is 2.50 bits per heavy atom. The minimum atomic E-state index is 0.000670. The van der Waals surface area contributed by atoms with Crippen LogP contribution in [0.5, 0.6) is 5.75 Å². The molecule has 0 spiro atoms. The van der Waals surface area contributed by atoms with Gasteiger partial charge in [-0.1, -0.05) is 29.8 Å². The monoisotopic (exact) mass is 396 g/mol.